The minimum Gasteiger partial charge on any atom is -0.462 e. The quantitative estimate of drug-likeness (QED) is 0.425. The van der Waals surface area contributed by atoms with Crippen molar-refractivity contribution in [1.29, 1.82) is 0 Å². The van der Waals surface area contributed by atoms with Crippen LogP contribution in [0.3, 0.4) is 0 Å². The molecule has 1 aromatic heterocycles. The maximum absolute atomic E-state index is 12.7. The number of rotatable bonds is 7. The number of aryl methyl sites for hydroxylation is 2. The highest BCUT2D eigenvalue weighted by Crippen LogP contribution is 2.26. The van der Waals surface area contributed by atoms with E-state index in [0.717, 1.165) is 16.8 Å². The van der Waals surface area contributed by atoms with Gasteiger partial charge in [0, 0.05) is 11.9 Å². The lowest BCUT2D eigenvalue weighted by Crippen LogP contribution is -2.25. The number of carbonyl (C=O) groups is 2. The Kier molecular flexibility index (Phi) is 7.18. The van der Waals surface area contributed by atoms with Crippen LogP contribution >= 0.6 is 11.8 Å². The fourth-order valence-corrected chi connectivity index (χ4v) is 3.19. The van der Waals surface area contributed by atoms with Gasteiger partial charge in [0.2, 0.25) is 5.91 Å². The van der Waals surface area contributed by atoms with Gasteiger partial charge in [0.25, 0.3) is 0 Å². The first-order valence-electron chi connectivity index (χ1n) is 8.70. The monoisotopic (exact) mass is 388 g/mol. The number of aromatic nitrogens is 2. The fourth-order valence-electron chi connectivity index (χ4n) is 2.33. The van der Waals surface area contributed by atoms with Crippen molar-refractivity contribution in [2.45, 2.75) is 44.5 Å². The van der Waals surface area contributed by atoms with Crippen LogP contribution in [0.1, 0.15) is 41.8 Å². The number of nitrogens with one attached hydrogen (secondary N) is 1. The Morgan fingerprint density at radius 2 is 2.04 bits per heavy atom. The standard InChI is InChI=1S/C19H24N4O3S/c1-5-15(17(24)22-14-9-11(3)7-8-12(14)4)27-19-21-10-13(16(20)23-19)18(25)26-6-2/h7-10,15H,5-6H2,1-4H3,(H,22,24)(H2,20,21,23). The van der Waals surface area contributed by atoms with Gasteiger partial charge in [-0.25, -0.2) is 14.8 Å². The average Bonchev–Trinajstić information content (AvgIpc) is 2.62. The molecule has 1 atom stereocenters. The number of thioether (sulfide) groups is 1. The van der Waals surface area contributed by atoms with Crippen molar-refractivity contribution >= 4 is 35.1 Å². The molecule has 0 aliphatic rings. The molecular formula is C19H24N4O3S. The van der Waals surface area contributed by atoms with Crippen LogP contribution in [0.2, 0.25) is 0 Å². The molecule has 0 aliphatic heterocycles. The molecule has 0 spiro atoms. The van der Waals surface area contributed by atoms with E-state index in [1.54, 1.807) is 6.92 Å². The van der Waals surface area contributed by atoms with E-state index in [-0.39, 0.29) is 23.9 Å². The molecule has 144 valence electrons. The second-order valence-electron chi connectivity index (χ2n) is 5.99. The maximum atomic E-state index is 12.7. The molecule has 1 aromatic carbocycles. The summed E-state index contributed by atoms with van der Waals surface area (Å²) >= 11 is 1.21. The van der Waals surface area contributed by atoms with Crippen molar-refractivity contribution in [3.63, 3.8) is 0 Å². The third-order valence-corrected chi connectivity index (χ3v) is 5.09. The Labute approximate surface area is 163 Å². The topological polar surface area (TPSA) is 107 Å². The van der Waals surface area contributed by atoms with Crippen LogP contribution in [0.25, 0.3) is 0 Å². The number of nitrogens with zero attached hydrogens (tertiary/aromatic N) is 2. The molecule has 0 fully saturated rings. The molecule has 8 heteroatoms. The summed E-state index contributed by atoms with van der Waals surface area (Å²) in [5, 5.41) is 2.91. The highest BCUT2D eigenvalue weighted by atomic mass is 32.2. The number of carbonyl (C=O) groups excluding carboxylic acids is 2. The van der Waals surface area contributed by atoms with Gasteiger partial charge >= 0.3 is 5.97 Å². The van der Waals surface area contributed by atoms with Crippen molar-refractivity contribution in [2.75, 3.05) is 17.7 Å². The van der Waals surface area contributed by atoms with Crippen LogP contribution in [0.15, 0.2) is 29.6 Å². The number of ether oxygens (including phenoxy) is 1. The van der Waals surface area contributed by atoms with E-state index in [1.165, 1.54) is 18.0 Å². The second-order valence-corrected chi connectivity index (χ2v) is 7.16. The predicted molar refractivity (Wildman–Crippen MR) is 107 cm³/mol. The smallest absolute Gasteiger partial charge is 0.343 e. The molecule has 0 radical (unpaired) electrons. The average molecular weight is 388 g/mol. The molecule has 3 N–H and O–H groups in total. The molecule has 1 amide bonds. The summed E-state index contributed by atoms with van der Waals surface area (Å²) in [6, 6.07) is 5.91. The Morgan fingerprint density at radius 3 is 2.67 bits per heavy atom. The summed E-state index contributed by atoms with van der Waals surface area (Å²) in [5.41, 5.74) is 8.81. The number of hydrogen-bond donors (Lipinski definition) is 2. The van der Waals surface area contributed by atoms with Gasteiger partial charge in [-0.05, 0) is 44.4 Å². The molecule has 27 heavy (non-hydrogen) atoms. The first kappa shape index (κ1) is 20.7. The third-order valence-electron chi connectivity index (χ3n) is 3.85. The normalized spacial score (nSPS) is 11.7. The van der Waals surface area contributed by atoms with Gasteiger partial charge in [0.05, 0.1) is 11.9 Å². The lowest BCUT2D eigenvalue weighted by atomic mass is 10.1. The number of nitrogen functional groups attached to an aromatic ring is 1. The van der Waals surface area contributed by atoms with E-state index in [0.29, 0.717) is 11.6 Å². The van der Waals surface area contributed by atoms with Gasteiger partial charge in [0.1, 0.15) is 11.4 Å². The van der Waals surface area contributed by atoms with E-state index in [2.05, 4.69) is 15.3 Å². The van der Waals surface area contributed by atoms with Crippen molar-refractivity contribution in [3.8, 4) is 0 Å². The van der Waals surface area contributed by atoms with Gasteiger partial charge in [-0.3, -0.25) is 4.79 Å². The van der Waals surface area contributed by atoms with E-state index in [4.69, 9.17) is 10.5 Å². The largest absolute Gasteiger partial charge is 0.462 e. The van der Waals surface area contributed by atoms with E-state index in [1.807, 2.05) is 39.0 Å². The molecule has 0 aliphatic carbocycles. The predicted octanol–water partition coefficient (Wildman–Crippen LogP) is 3.36. The Morgan fingerprint density at radius 1 is 1.30 bits per heavy atom. The lowest BCUT2D eigenvalue weighted by Gasteiger charge is -2.16. The number of amides is 1. The minimum absolute atomic E-state index is 0.0377. The zero-order valence-corrected chi connectivity index (χ0v) is 16.7. The van der Waals surface area contributed by atoms with Crippen LogP contribution in [0.4, 0.5) is 11.5 Å². The molecule has 1 unspecified atom stereocenters. The molecule has 2 aromatic rings. The van der Waals surface area contributed by atoms with Gasteiger partial charge < -0.3 is 15.8 Å². The highest BCUT2D eigenvalue weighted by molar-refractivity contribution is 8.00. The van der Waals surface area contributed by atoms with Crippen LogP contribution in [0, 0.1) is 13.8 Å². The Bertz CT molecular complexity index is 842. The zero-order valence-electron chi connectivity index (χ0n) is 15.9. The summed E-state index contributed by atoms with van der Waals surface area (Å²) in [6.45, 7) is 7.78. The minimum atomic E-state index is -0.564. The van der Waals surface area contributed by atoms with Crippen molar-refractivity contribution in [2.24, 2.45) is 0 Å². The van der Waals surface area contributed by atoms with E-state index in [9.17, 15) is 9.59 Å². The zero-order chi connectivity index (χ0) is 20.0. The Balaban J connectivity index is 2.11. The lowest BCUT2D eigenvalue weighted by molar-refractivity contribution is -0.115. The van der Waals surface area contributed by atoms with Crippen molar-refractivity contribution in [3.05, 3.63) is 41.1 Å². The number of nitrogens with two attached hydrogens (primary N) is 1. The highest BCUT2D eigenvalue weighted by Gasteiger charge is 2.21. The third kappa shape index (κ3) is 5.43. The molecule has 0 saturated carbocycles. The molecule has 0 bridgehead atoms. The second kappa shape index (κ2) is 9.36. The van der Waals surface area contributed by atoms with Crippen molar-refractivity contribution < 1.29 is 14.3 Å². The summed E-state index contributed by atoms with van der Waals surface area (Å²) in [5.74, 6) is -0.658. The molecule has 2 rings (SSSR count). The van der Waals surface area contributed by atoms with Crippen molar-refractivity contribution in [1.82, 2.24) is 9.97 Å². The molecule has 7 nitrogen and oxygen atoms in total. The first-order valence-corrected chi connectivity index (χ1v) is 9.58. The molecule has 0 saturated heterocycles. The SMILES string of the molecule is CCOC(=O)c1cnc(SC(CC)C(=O)Nc2cc(C)ccc2C)nc1N. The number of hydrogen-bond acceptors (Lipinski definition) is 7. The van der Waals surface area contributed by atoms with Gasteiger partial charge in [-0.2, -0.15) is 0 Å². The summed E-state index contributed by atoms with van der Waals surface area (Å²) in [4.78, 5) is 32.7. The number of benzene rings is 1. The molecule has 1 heterocycles. The maximum Gasteiger partial charge on any atom is 0.343 e. The Hall–Kier alpha value is -2.61. The van der Waals surface area contributed by atoms with Crippen LogP contribution in [-0.4, -0.2) is 33.7 Å². The first-order chi connectivity index (χ1) is 12.8. The molecular weight excluding hydrogens is 364 g/mol. The number of anilines is 2. The van der Waals surface area contributed by atoms with Gasteiger partial charge in [0.15, 0.2) is 5.16 Å². The summed E-state index contributed by atoms with van der Waals surface area (Å²) in [7, 11) is 0. The van der Waals surface area contributed by atoms with Gasteiger partial charge in [-0.1, -0.05) is 30.8 Å². The fraction of sp³-hybridized carbons (Fsp3) is 0.368. The van der Waals surface area contributed by atoms with E-state index < -0.39 is 11.2 Å². The summed E-state index contributed by atoms with van der Waals surface area (Å²) < 4.78 is 4.91. The van der Waals surface area contributed by atoms with Gasteiger partial charge in [-0.15, -0.1) is 0 Å². The number of esters is 1. The summed E-state index contributed by atoms with van der Waals surface area (Å²) in [6.07, 6.45) is 1.92. The van der Waals surface area contributed by atoms with Crippen LogP contribution < -0.4 is 11.1 Å². The van der Waals surface area contributed by atoms with E-state index >= 15 is 0 Å². The van der Waals surface area contributed by atoms with Crippen LogP contribution in [-0.2, 0) is 9.53 Å². The van der Waals surface area contributed by atoms with Crippen LogP contribution in [0.5, 0.6) is 0 Å².